The lowest BCUT2D eigenvalue weighted by Gasteiger charge is -2.09. The first kappa shape index (κ1) is 18.3. The SMILES string of the molecule is O=C(COC(=O)c1ccccc1I)Nc1cc(Cl)c(Cl)cc1Cl. The van der Waals surface area contributed by atoms with E-state index in [-0.39, 0.29) is 20.8 Å². The molecule has 0 aromatic heterocycles. The highest BCUT2D eigenvalue weighted by Crippen LogP contribution is 2.32. The van der Waals surface area contributed by atoms with Crippen molar-refractivity contribution in [2.75, 3.05) is 11.9 Å². The fourth-order valence-corrected chi connectivity index (χ4v) is 2.84. The molecule has 23 heavy (non-hydrogen) atoms. The summed E-state index contributed by atoms with van der Waals surface area (Å²) in [5.74, 6) is -1.12. The van der Waals surface area contributed by atoms with Crippen LogP contribution in [-0.4, -0.2) is 18.5 Å². The molecule has 1 N–H and O–H groups in total. The van der Waals surface area contributed by atoms with Crippen LogP contribution >= 0.6 is 57.4 Å². The lowest BCUT2D eigenvalue weighted by molar-refractivity contribution is -0.119. The Kier molecular flexibility index (Phi) is 6.52. The van der Waals surface area contributed by atoms with Gasteiger partial charge < -0.3 is 10.1 Å². The summed E-state index contributed by atoms with van der Waals surface area (Å²) in [5, 5.41) is 3.27. The van der Waals surface area contributed by atoms with Crippen molar-refractivity contribution >= 4 is 75.0 Å². The van der Waals surface area contributed by atoms with Gasteiger partial charge in [-0.1, -0.05) is 46.9 Å². The third kappa shape index (κ3) is 4.97. The highest BCUT2D eigenvalue weighted by atomic mass is 127. The molecule has 0 bridgehead atoms. The van der Waals surface area contributed by atoms with E-state index in [1.165, 1.54) is 12.1 Å². The second kappa shape index (κ2) is 8.19. The van der Waals surface area contributed by atoms with Gasteiger partial charge >= 0.3 is 5.97 Å². The second-order valence-electron chi connectivity index (χ2n) is 4.35. The summed E-state index contributed by atoms with van der Waals surface area (Å²) in [6, 6.07) is 9.75. The first-order chi connectivity index (χ1) is 10.9. The van der Waals surface area contributed by atoms with Gasteiger partial charge in [0.05, 0.1) is 26.3 Å². The van der Waals surface area contributed by atoms with Crippen LogP contribution in [0.2, 0.25) is 15.1 Å². The minimum absolute atomic E-state index is 0.233. The molecule has 8 heteroatoms. The summed E-state index contributed by atoms with van der Waals surface area (Å²) < 4.78 is 5.72. The first-order valence-electron chi connectivity index (χ1n) is 6.24. The maximum absolute atomic E-state index is 11.9. The second-order valence-corrected chi connectivity index (χ2v) is 6.73. The molecule has 0 spiro atoms. The Morgan fingerprint density at radius 2 is 1.70 bits per heavy atom. The molecule has 0 heterocycles. The van der Waals surface area contributed by atoms with E-state index in [1.54, 1.807) is 24.3 Å². The van der Waals surface area contributed by atoms with E-state index in [9.17, 15) is 9.59 Å². The number of carbonyl (C=O) groups is 2. The smallest absolute Gasteiger partial charge is 0.339 e. The fourth-order valence-electron chi connectivity index (χ4n) is 1.64. The molecule has 0 saturated carbocycles. The van der Waals surface area contributed by atoms with Gasteiger partial charge in [-0.25, -0.2) is 4.79 Å². The van der Waals surface area contributed by atoms with Gasteiger partial charge in [-0.05, 0) is 46.9 Å². The summed E-state index contributed by atoms with van der Waals surface area (Å²) in [4.78, 5) is 23.8. The molecule has 1 amide bonds. The van der Waals surface area contributed by atoms with Crippen molar-refractivity contribution in [3.05, 3.63) is 60.6 Å². The Balaban J connectivity index is 1.97. The minimum atomic E-state index is -0.578. The maximum Gasteiger partial charge on any atom is 0.339 e. The molecule has 0 atom stereocenters. The molecule has 0 unspecified atom stereocenters. The topological polar surface area (TPSA) is 55.4 Å². The predicted octanol–water partition coefficient (Wildman–Crippen LogP) is 5.05. The largest absolute Gasteiger partial charge is 0.452 e. The molecular formula is C15H9Cl3INO3. The number of hydrogen-bond donors (Lipinski definition) is 1. The number of anilines is 1. The summed E-state index contributed by atoms with van der Waals surface area (Å²) >= 11 is 19.6. The Hall–Kier alpha value is -1.02. The lowest BCUT2D eigenvalue weighted by atomic mass is 10.2. The highest BCUT2D eigenvalue weighted by molar-refractivity contribution is 14.1. The van der Waals surface area contributed by atoms with E-state index < -0.39 is 18.5 Å². The van der Waals surface area contributed by atoms with Crippen molar-refractivity contribution in [2.45, 2.75) is 0 Å². The average molecular weight is 485 g/mol. The number of rotatable bonds is 4. The number of nitrogens with one attached hydrogen (secondary N) is 1. The normalized spacial score (nSPS) is 10.3. The van der Waals surface area contributed by atoms with E-state index in [1.807, 2.05) is 22.6 Å². The van der Waals surface area contributed by atoms with Crippen LogP contribution in [-0.2, 0) is 9.53 Å². The maximum atomic E-state index is 11.9. The highest BCUT2D eigenvalue weighted by Gasteiger charge is 2.14. The van der Waals surface area contributed by atoms with Crippen LogP contribution in [0.5, 0.6) is 0 Å². The quantitative estimate of drug-likeness (QED) is 0.376. The Bertz CT molecular complexity index is 768. The zero-order valence-electron chi connectivity index (χ0n) is 11.4. The van der Waals surface area contributed by atoms with E-state index in [0.717, 1.165) is 3.57 Å². The third-order valence-electron chi connectivity index (χ3n) is 2.71. The van der Waals surface area contributed by atoms with Gasteiger partial charge in [0.25, 0.3) is 5.91 Å². The van der Waals surface area contributed by atoms with Crippen LogP contribution in [0, 0.1) is 3.57 Å². The van der Waals surface area contributed by atoms with Crippen LogP contribution < -0.4 is 5.32 Å². The van der Waals surface area contributed by atoms with Crippen LogP contribution in [0.3, 0.4) is 0 Å². The molecule has 120 valence electrons. The summed E-state index contributed by atoms with van der Waals surface area (Å²) in [7, 11) is 0. The number of carbonyl (C=O) groups excluding carboxylic acids is 2. The molecule has 0 aliphatic heterocycles. The Labute approximate surface area is 161 Å². The van der Waals surface area contributed by atoms with E-state index in [0.29, 0.717) is 5.56 Å². The molecule has 2 aromatic rings. The van der Waals surface area contributed by atoms with E-state index in [4.69, 9.17) is 39.5 Å². The molecule has 2 aromatic carbocycles. The van der Waals surface area contributed by atoms with Gasteiger partial charge in [-0.3, -0.25) is 4.79 Å². The average Bonchev–Trinajstić information content (AvgIpc) is 2.51. The van der Waals surface area contributed by atoms with Crippen molar-refractivity contribution < 1.29 is 14.3 Å². The molecule has 0 fully saturated rings. The summed E-state index contributed by atoms with van der Waals surface area (Å²) in [6.45, 7) is -0.444. The van der Waals surface area contributed by atoms with Crippen molar-refractivity contribution in [1.82, 2.24) is 0 Å². The number of esters is 1. The molecule has 0 radical (unpaired) electrons. The first-order valence-corrected chi connectivity index (χ1v) is 8.46. The van der Waals surface area contributed by atoms with E-state index in [2.05, 4.69) is 5.32 Å². The molecule has 2 rings (SSSR count). The van der Waals surface area contributed by atoms with Crippen LogP contribution in [0.25, 0.3) is 0 Å². The van der Waals surface area contributed by atoms with Crippen molar-refractivity contribution in [3.63, 3.8) is 0 Å². The van der Waals surface area contributed by atoms with Crippen molar-refractivity contribution in [1.29, 1.82) is 0 Å². The Morgan fingerprint density at radius 3 is 2.39 bits per heavy atom. The van der Waals surface area contributed by atoms with Crippen LogP contribution in [0.15, 0.2) is 36.4 Å². The molecule has 0 aliphatic rings. The van der Waals surface area contributed by atoms with Gasteiger partial charge in [0.15, 0.2) is 6.61 Å². The van der Waals surface area contributed by atoms with Crippen LogP contribution in [0.1, 0.15) is 10.4 Å². The predicted molar refractivity (Wildman–Crippen MR) is 99.5 cm³/mol. The number of amides is 1. The number of benzene rings is 2. The van der Waals surface area contributed by atoms with Crippen LogP contribution in [0.4, 0.5) is 5.69 Å². The van der Waals surface area contributed by atoms with Gasteiger partial charge in [0, 0.05) is 3.57 Å². The Morgan fingerprint density at radius 1 is 1.04 bits per heavy atom. The van der Waals surface area contributed by atoms with E-state index >= 15 is 0 Å². The zero-order valence-corrected chi connectivity index (χ0v) is 15.8. The number of halogens is 4. The molecule has 0 aliphatic carbocycles. The van der Waals surface area contributed by atoms with Gasteiger partial charge in [0.2, 0.25) is 0 Å². The van der Waals surface area contributed by atoms with Crippen molar-refractivity contribution in [2.24, 2.45) is 0 Å². The zero-order chi connectivity index (χ0) is 17.0. The van der Waals surface area contributed by atoms with Gasteiger partial charge in [0.1, 0.15) is 0 Å². The molecule has 0 saturated heterocycles. The van der Waals surface area contributed by atoms with Gasteiger partial charge in [-0.2, -0.15) is 0 Å². The van der Waals surface area contributed by atoms with Crippen molar-refractivity contribution in [3.8, 4) is 0 Å². The monoisotopic (exact) mass is 483 g/mol. The lowest BCUT2D eigenvalue weighted by Crippen LogP contribution is -2.21. The number of hydrogen-bond acceptors (Lipinski definition) is 3. The minimum Gasteiger partial charge on any atom is -0.452 e. The molecule has 4 nitrogen and oxygen atoms in total. The van der Waals surface area contributed by atoms with Gasteiger partial charge in [-0.15, -0.1) is 0 Å². The third-order valence-corrected chi connectivity index (χ3v) is 4.69. The standard InChI is InChI=1S/C15H9Cl3INO3/c16-9-5-11(18)13(6-10(9)17)20-14(21)7-23-15(22)8-3-1-2-4-12(8)19/h1-6H,7H2,(H,20,21). The fraction of sp³-hybridized carbons (Fsp3) is 0.0667. The molecular weight excluding hydrogens is 475 g/mol. The summed E-state index contributed by atoms with van der Waals surface area (Å²) in [5.41, 5.74) is 0.685. The number of ether oxygens (including phenoxy) is 1. The summed E-state index contributed by atoms with van der Waals surface area (Å²) in [6.07, 6.45) is 0.